The van der Waals surface area contributed by atoms with E-state index in [1.807, 2.05) is 30.3 Å². The standard InChI is InChI=1S/C20H18N2S2/c21-24(22,20-12-10-16-6-2-4-8-18(16)14-20)23-19-11-9-15-5-1-3-7-17(15)13-19/h1-14H,21-22H2. The van der Waals surface area contributed by atoms with Gasteiger partial charge >= 0.3 is 0 Å². The van der Waals surface area contributed by atoms with E-state index >= 15 is 0 Å². The van der Waals surface area contributed by atoms with Crippen molar-refractivity contribution in [2.24, 2.45) is 10.3 Å². The second-order valence-electron chi connectivity index (χ2n) is 5.75. The second kappa shape index (κ2) is 6.15. The molecule has 0 saturated carbocycles. The first kappa shape index (κ1) is 15.5. The smallest absolute Gasteiger partial charge is 0.0258 e. The van der Waals surface area contributed by atoms with Crippen LogP contribution in [0, 0.1) is 0 Å². The lowest BCUT2D eigenvalue weighted by molar-refractivity contribution is 1.46. The molecule has 4 heteroatoms. The van der Waals surface area contributed by atoms with Crippen molar-refractivity contribution in [3.05, 3.63) is 84.9 Å². The fourth-order valence-electron chi connectivity index (χ4n) is 2.79. The average molecular weight is 351 g/mol. The monoisotopic (exact) mass is 350 g/mol. The average Bonchev–Trinajstić information content (AvgIpc) is 2.61. The van der Waals surface area contributed by atoms with Gasteiger partial charge in [-0.25, -0.2) is 0 Å². The highest BCUT2D eigenvalue weighted by atomic mass is 33.2. The molecule has 120 valence electrons. The van der Waals surface area contributed by atoms with E-state index in [0.29, 0.717) is 0 Å². The Morgan fingerprint density at radius 2 is 1.12 bits per heavy atom. The van der Waals surface area contributed by atoms with Crippen LogP contribution in [-0.4, -0.2) is 0 Å². The van der Waals surface area contributed by atoms with E-state index in [0.717, 1.165) is 9.79 Å². The third-order valence-corrected chi connectivity index (χ3v) is 7.74. The molecule has 0 aliphatic rings. The molecule has 0 unspecified atom stereocenters. The first-order valence-corrected chi connectivity index (χ1v) is 10.8. The predicted molar refractivity (Wildman–Crippen MR) is 108 cm³/mol. The van der Waals surface area contributed by atoms with Gasteiger partial charge in [-0.3, -0.25) is 10.3 Å². The molecule has 4 aromatic rings. The summed E-state index contributed by atoms with van der Waals surface area (Å²) in [7, 11) is -0.396. The highest BCUT2D eigenvalue weighted by molar-refractivity contribution is 8.92. The van der Waals surface area contributed by atoms with Crippen molar-refractivity contribution in [1.29, 1.82) is 0 Å². The van der Waals surface area contributed by atoms with Crippen molar-refractivity contribution in [1.82, 2.24) is 0 Å². The number of rotatable bonds is 3. The summed E-state index contributed by atoms with van der Waals surface area (Å²) in [5, 5.41) is 17.9. The summed E-state index contributed by atoms with van der Waals surface area (Å²) in [5.41, 5.74) is 0. The molecule has 0 atom stereocenters. The van der Waals surface area contributed by atoms with E-state index < -0.39 is 9.43 Å². The van der Waals surface area contributed by atoms with E-state index in [-0.39, 0.29) is 0 Å². The maximum absolute atomic E-state index is 6.53. The fourth-order valence-corrected chi connectivity index (χ4v) is 5.96. The third-order valence-electron chi connectivity index (χ3n) is 4.04. The Morgan fingerprint density at radius 3 is 1.79 bits per heavy atom. The van der Waals surface area contributed by atoms with Crippen molar-refractivity contribution in [3.8, 4) is 0 Å². The van der Waals surface area contributed by atoms with Crippen molar-refractivity contribution >= 4 is 41.8 Å². The van der Waals surface area contributed by atoms with Crippen LogP contribution in [0.5, 0.6) is 0 Å². The van der Waals surface area contributed by atoms with Crippen LogP contribution in [0.15, 0.2) is 94.7 Å². The fraction of sp³-hybridized carbons (Fsp3) is 0. The molecule has 0 saturated heterocycles. The Hall–Kier alpha value is -1.98. The highest BCUT2D eigenvalue weighted by Crippen LogP contribution is 2.57. The quantitative estimate of drug-likeness (QED) is 0.472. The molecule has 0 aliphatic heterocycles. The van der Waals surface area contributed by atoms with Crippen molar-refractivity contribution in [2.45, 2.75) is 9.79 Å². The Labute approximate surface area is 146 Å². The lowest BCUT2D eigenvalue weighted by Gasteiger charge is -2.30. The van der Waals surface area contributed by atoms with Gasteiger partial charge in [0.1, 0.15) is 0 Å². The zero-order valence-electron chi connectivity index (χ0n) is 13.1. The van der Waals surface area contributed by atoms with E-state index in [9.17, 15) is 0 Å². The maximum Gasteiger partial charge on any atom is 0.0258 e. The maximum atomic E-state index is 6.53. The summed E-state index contributed by atoms with van der Waals surface area (Å²) < 4.78 is 0. The second-order valence-corrected chi connectivity index (χ2v) is 10.3. The van der Waals surface area contributed by atoms with Gasteiger partial charge in [-0.15, -0.1) is 0 Å². The van der Waals surface area contributed by atoms with Crippen LogP contribution in [0.1, 0.15) is 0 Å². The van der Waals surface area contributed by atoms with Gasteiger partial charge in [0.05, 0.1) is 0 Å². The van der Waals surface area contributed by atoms with Crippen LogP contribution in [0.3, 0.4) is 0 Å². The van der Waals surface area contributed by atoms with Gasteiger partial charge in [-0.1, -0.05) is 70.1 Å². The molecule has 0 bridgehead atoms. The lowest BCUT2D eigenvalue weighted by Crippen LogP contribution is -2.16. The molecule has 2 nitrogen and oxygen atoms in total. The normalized spacial score (nSPS) is 12.6. The van der Waals surface area contributed by atoms with Gasteiger partial charge in [0, 0.05) is 9.79 Å². The Balaban J connectivity index is 1.69. The van der Waals surface area contributed by atoms with Gasteiger partial charge in [0.15, 0.2) is 0 Å². The largest absolute Gasteiger partial charge is 0.271 e. The van der Waals surface area contributed by atoms with Crippen LogP contribution in [0.2, 0.25) is 0 Å². The molecule has 0 aromatic heterocycles. The molecule has 4 rings (SSSR count). The molecule has 4 aromatic carbocycles. The Bertz CT molecular complexity index is 1030. The molecule has 4 N–H and O–H groups in total. The summed E-state index contributed by atoms with van der Waals surface area (Å²) in [6.45, 7) is 0. The molecule has 0 amide bonds. The summed E-state index contributed by atoms with van der Waals surface area (Å²) >= 11 is 0. The summed E-state index contributed by atoms with van der Waals surface area (Å²) in [6.07, 6.45) is 0. The SMILES string of the molecule is NS(N)(Sc1ccc2ccccc2c1)c1ccc2ccccc2c1. The van der Waals surface area contributed by atoms with Gasteiger partial charge in [0.25, 0.3) is 0 Å². The Kier molecular flexibility index (Phi) is 3.98. The zero-order chi connectivity index (χ0) is 16.6. The summed E-state index contributed by atoms with van der Waals surface area (Å²) in [5.74, 6) is 0. The minimum Gasteiger partial charge on any atom is -0.271 e. The van der Waals surface area contributed by atoms with Crippen LogP contribution >= 0.6 is 20.2 Å². The molecule has 24 heavy (non-hydrogen) atoms. The number of hydrogen-bond acceptors (Lipinski definition) is 3. The highest BCUT2D eigenvalue weighted by Gasteiger charge is 2.18. The van der Waals surface area contributed by atoms with E-state index in [1.54, 1.807) is 10.8 Å². The van der Waals surface area contributed by atoms with Crippen LogP contribution in [0.4, 0.5) is 0 Å². The number of fused-ring (bicyclic) bond motifs is 2. The zero-order valence-corrected chi connectivity index (χ0v) is 14.7. The molecule has 0 spiro atoms. The molecule has 0 heterocycles. The van der Waals surface area contributed by atoms with Gasteiger partial charge in [-0.05, 0) is 56.6 Å². The van der Waals surface area contributed by atoms with Crippen molar-refractivity contribution < 1.29 is 0 Å². The van der Waals surface area contributed by atoms with Crippen molar-refractivity contribution in [3.63, 3.8) is 0 Å². The summed E-state index contributed by atoms with van der Waals surface area (Å²) in [4.78, 5) is 2.10. The molecule has 0 fully saturated rings. The number of nitrogens with two attached hydrogens (primary N) is 2. The lowest BCUT2D eigenvalue weighted by atomic mass is 10.1. The number of benzene rings is 4. The van der Waals surface area contributed by atoms with E-state index in [4.69, 9.17) is 10.3 Å². The van der Waals surface area contributed by atoms with Crippen LogP contribution < -0.4 is 10.3 Å². The predicted octanol–water partition coefficient (Wildman–Crippen LogP) is 5.61. The third kappa shape index (κ3) is 3.01. The topological polar surface area (TPSA) is 52.0 Å². The minimum absolute atomic E-state index is 0.999. The molecule has 0 radical (unpaired) electrons. The van der Waals surface area contributed by atoms with E-state index in [2.05, 4.69) is 54.6 Å². The summed E-state index contributed by atoms with van der Waals surface area (Å²) in [6, 6.07) is 29.2. The number of hydrogen-bond donors (Lipinski definition) is 2. The van der Waals surface area contributed by atoms with Gasteiger partial charge in [0.2, 0.25) is 0 Å². The van der Waals surface area contributed by atoms with Crippen LogP contribution in [-0.2, 0) is 0 Å². The Morgan fingerprint density at radius 1 is 0.583 bits per heavy atom. The van der Waals surface area contributed by atoms with Gasteiger partial charge in [-0.2, -0.15) is 0 Å². The van der Waals surface area contributed by atoms with Crippen LogP contribution in [0.25, 0.3) is 21.5 Å². The first-order valence-electron chi connectivity index (χ1n) is 7.68. The molecule has 0 aliphatic carbocycles. The minimum atomic E-state index is -1.96. The van der Waals surface area contributed by atoms with Gasteiger partial charge < -0.3 is 0 Å². The van der Waals surface area contributed by atoms with Crippen molar-refractivity contribution in [2.75, 3.05) is 0 Å². The first-order chi connectivity index (χ1) is 11.6. The molecular weight excluding hydrogens is 332 g/mol. The molecular formula is C20H18N2S2. The van der Waals surface area contributed by atoms with E-state index in [1.165, 1.54) is 21.5 Å².